The molecule has 7 heteroatoms. The second-order valence-electron chi connectivity index (χ2n) is 6.22. The molecule has 1 aliphatic carbocycles. The van der Waals surface area contributed by atoms with Gasteiger partial charge in [0.1, 0.15) is 0 Å². The number of carboxylic acid groups (broad SMARTS) is 1. The number of nitro groups is 1. The van der Waals surface area contributed by atoms with Crippen molar-refractivity contribution in [1.82, 2.24) is 5.32 Å². The minimum atomic E-state index is -0.849. The van der Waals surface area contributed by atoms with E-state index in [0.29, 0.717) is 31.2 Å². The van der Waals surface area contributed by atoms with Gasteiger partial charge in [0, 0.05) is 18.1 Å². The summed E-state index contributed by atoms with van der Waals surface area (Å²) in [6.45, 7) is 1.89. The van der Waals surface area contributed by atoms with Gasteiger partial charge in [0.05, 0.1) is 16.9 Å². The first-order valence-corrected chi connectivity index (χ1v) is 8.20. The Morgan fingerprint density at radius 3 is 2.71 bits per heavy atom. The zero-order valence-corrected chi connectivity index (χ0v) is 13.6. The average Bonchev–Trinajstić information content (AvgIpc) is 2.59. The van der Waals surface area contributed by atoms with E-state index in [-0.39, 0.29) is 23.6 Å². The van der Waals surface area contributed by atoms with Gasteiger partial charge in [-0.25, -0.2) is 0 Å². The summed E-state index contributed by atoms with van der Waals surface area (Å²) >= 11 is 0. The molecular weight excluding hydrogens is 312 g/mol. The third-order valence-electron chi connectivity index (χ3n) is 4.60. The molecule has 2 N–H and O–H groups in total. The number of aliphatic carboxylic acids is 1. The Bertz CT molecular complexity index is 631. The first-order chi connectivity index (χ1) is 11.4. The van der Waals surface area contributed by atoms with Gasteiger partial charge in [-0.05, 0) is 31.2 Å². The van der Waals surface area contributed by atoms with E-state index in [1.54, 1.807) is 12.1 Å². The summed E-state index contributed by atoms with van der Waals surface area (Å²) in [7, 11) is 0. The van der Waals surface area contributed by atoms with Crippen LogP contribution < -0.4 is 5.32 Å². The number of nitrogens with zero attached hydrogens (tertiary/aromatic N) is 1. The van der Waals surface area contributed by atoms with E-state index in [1.807, 2.05) is 6.92 Å². The smallest absolute Gasteiger partial charge is 0.306 e. The molecule has 0 radical (unpaired) electrons. The number of carbonyl (C=O) groups is 2. The molecule has 1 aromatic rings. The molecule has 0 heterocycles. The van der Waals surface area contributed by atoms with Crippen LogP contribution in [0.1, 0.15) is 50.6 Å². The van der Waals surface area contributed by atoms with Gasteiger partial charge in [-0.15, -0.1) is 0 Å². The number of nitrogens with one attached hydrogen (secondary N) is 1. The molecule has 0 aliphatic heterocycles. The third kappa shape index (κ3) is 4.31. The quantitative estimate of drug-likeness (QED) is 0.614. The molecule has 3 atom stereocenters. The number of non-ortho nitro benzene ring substituents is 1. The lowest BCUT2D eigenvalue weighted by Crippen LogP contribution is -2.37. The molecule has 2 rings (SSSR count). The summed E-state index contributed by atoms with van der Waals surface area (Å²) < 4.78 is 0. The van der Waals surface area contributed by atoms with Crippen molar-refractivity contribution in [2.75, 3.05) is 0 Å². The van der Waals surface area contributed by atoms with E-state index < -0.39 is 16.8 Å². The highest BCUT2D eigenvalue weighted by Crippen LogP contribution is 2.30. The molecule has 1 aliphatic rings. The van der Waals surface area contributed by atoms with Gasteiger partial charge >= 0.3 is 5.97 Å². The molecule has 130 valence electrons. The van der Waals surface area contributed by atoms with Gasteiger partial charge in [0.2, 0.25) is 5.91 Å². The van der Waals surface area contributed by atoms with Crippen LogP contribution in [0.2, 0.25) is 0 Å². The molecule has 7 nitrogen and oxygen atoms in total. The highest BCUT2D eigenvalue weighted by Gasteiger charge is 2.31. The first-order valence-electron chi connectivity index (χ1n) is 8.20. The monoisotopic (exact) mass is 334 g/mol. The van der Waals surface area contributed by atoms with E-state index in [0.717, 1.165) is 6.42 Å². The molecule has 1 aromatic carbocycles. The number of carboxylic acids is 1. The molecule has 1 fully saturated rings. The largest absolute Gasteiger partial charge is 0.481 e. The number of hydrogen-bond acceptors (Lipinski definition) is 4. The van der Waals surface area contributed by atoms with E-state index in [4.69, 9.17) is 5.11 Å². The van der Waals surface area contributed by atoms with Gasteiger partial charge < -0.3 is 10.4 Å². The lowest BCUT2D eigenvalue weighted by molar-refractivity contribution is -0.384. The summed E-state index contributed by atoms with van der Waals surface area (Å²) in [4.78, 5) is 34.1. The van der Waals surface area contributed by atoms with Crippen molar-refractivity contribution in [3.63, 3.8) is 0 Å². The predicted molar refractivity (Wildman–Crippen MR) is 87.4 cm³/mol. The van der Waals surface area contributed by atoms with Gasteiger partial charge in [-0.2, -0.15) is 0 Å². The van der Waals surface area contributed by atoms with E-state index in [2.05, 4.69) is 5.32 Å². The molecule has 3 unspecified atom stereocenters. The Labute approximate surface area is 140 Å². The molecule has 0 bridgehead atoms. The number of nitro benzene ring substituents is 1. The summed E-state index contributed by atoms with van der Waals surface area (Å²) in [5.74, 6) is -1.79. The highest BCUT2D eigenvalue weighted by molar-refractivity contribution is 5.80. The zero-order chi connectivity index (χ0) is 17.7. The number of hydrogen-bond donors (Lipinski definition) is 2. The fourth-order valence-electron chi connectivity index (χ4n) is 3.22. The van der Waals surface area contributed by atoms with Crippen LogP contribution in [0.25, 0.3) is 0 Å². The number of carbonyl (C=O) groups excluding carboxylic acids is 1. The van der Waals surface area contributed by atoms with Crippen LogP contribution in [0, 0.1) is 22.0 Å². The lowest BCUT2D eigenvalue weighted by Gasteiger charge is -2.27. The summed E-state index contributed by atoms with van der Waals surface area (Å²) in [6.07, 6.45) is 2.97. The average molecular weight is 334 g/mol. The molecule has 1 amide bonds. The molecule has 1 saturated carbocycles. The highest BCUT2D eigenvalue weighted by atomic mass is 16.6. The van der Waals surface area contributed by atoms with Crippen LogP contribution in [0.15, 0.2) is 24.3 Å². The minimum Gasteiger partial charge on any atom is -0.481 e. The van der Waals surface area contributed by atoms with Gasteiger partial charge in [0.15, 0.2) is 0 Å². The van der Waals surface area contributed by atoms with Crippen molar-refractivity contribution in [2.24, 2.45) is 11.8 Å². The zero-order valence-electron chi connectivity index (χ0n) is 13.6. The Morgan fingerprint density at radius 2 is 2.08 bits per heavy atom. The van der Waals surface area contributed by atoms with E-state index in [9.17, 15) is 19.7 Å². The summed E-state index contributed by atoms with van der Waals surface area (Å²) in [5, 5.41) is 23.0. The normalized spacial score (nSPS) is 21.7. The van der Waals surface area contributed by atoms with Crippen LogP contribution in [-0.4, -0.2) is 21.9 Å². The standard InChI is InChI=1S/C17H22N2O5/c1-2-15(11-5-4-8-14(10-11)19(23)24)18-16(20)12-6-3-7-13(9-12)17(21)22/h4-5,8,10,12-13,15H,2-3,6-7,9H2,1H3,(H,18,20)(H,21,22). The van der Waals surface area contributed by atoms with Crippen LogP contribution in [0.4, 0.5) is 5.69 Å². The number of rotatable bonds is 6. The minimum absolute atomic E-state index is 0.0104. The molecular formula is C17H22N2O5. The van der Waals surface area contributed by atoms with Crippen molar-refractivity contribution in [1.29, 1.82) is 0 Å². The lowest BCUT2D eigenvalue weighted by atomic mass is 9.81. The van der Waals surface area contributed by atoms with Crippen molar-refractivity contribution < 1.29 is 19.6 Å². The maximum Gasteiger partial charge on any atom is 0.306 e. The van der Waals surface area contributed by atoms with Crippen LogP contribution in [-0.2, 0) is 9.59 Å². The molecule has 0 saturated heterocycles. The Hall–Kier alpha value is -2.44. The number of amides is 1. The molecule has 0 aromatic heterocycles. The van der Waals surface area contributed by atoms with Crippen molar-refractivity contribution >= 4 is 17.6 Å². The summed E-state index contributed by atoms with van der Waals surface area (Å²) in [6, 6.07) is 5.92. The third-order valence-corrected chi connectivity index (χ3v) is 4.60. The van der Waals surface area contributed by atoms with E-state index >= 15 is 0 Å². The SMILES string of the molecule is CCC(NC(=O)C1CCCC(C(=O)O)C1)c1cccc([N+](=O)[O-])c1. The van der Waals surface area contributed by atoms with Gasteiger partial charge in [0.25, 0.3) is 5.69 Å². The van der Waals surface area contributed by atoms with Crippen LogP contribution in [0.3, 0.4) is 0 Å². The van der Waals surface area contributed by atoms with Crippen molar-refractivity contribution in [3.8, 4) is 0 Å². The first kappa shape index (κ1) is 17.9. The Kier molecular flexibility index (Phi) is 5.89. The fourth-order valence-corrected chi connectivity index (χ4v) is 3.22. The Balaban J connectivity index is 2.06. The number of benzene rings is 1. The Morgan fingerprint density at radius 1 is 1.38 bits per heavy atom. The van der Waals surface area contributed by atoms with Crippen LogP contribution in [0.5, 0.6) is 0 Å². The fraction of sp³-hybridized carbons (Fsp3) is 0.529. The topological polar surface area (TPSA) is 110 Å². The van der Waals surface area contributed by atoms with Crippen LogP contribution >= 0.6 is 0 Å². The predicted octanol–water partition coefficient (Wildman–Crippen LogP) is 3.05. The van der Waals surface area contributed by atoms with Gasteiger partial charge in [-0.3, -0.25) is 19.7 Å². The van der Waals surface area contributed by atoms with E-state index in [1.165, 1.54) is 12.1 Å². The second kappa shape index (κ2) is 7.90. The maximum absolute atomic E-state index is 12.5. The second-order valence-corrected chi connectivity index (χ2v) is 6.22. The van der Waals surface area contributed by atoms with Crippen molar-refractivity contribution in [3.05, 3.63) is 39.9 Å². The molecule has 0 spiro atoms. The van der Waals surface area contributed by atoms with Gasteiger partial charge in [-0.1, -0.05) is 25.5 Å². The maximum atomic E-state index is 12.5. The van der Waals surface area contributed by atoms with Crippen molar-refractivity contribution in [2.45, 2.75) is 45.1 Å². The summed E-state index contributed by atoms with van der Waals surface area (Å²) in [5.41, 5.74) is 0.675. The molecule has 24 heavy (non-hydrogen) atoms.